The van der Waals surface area contributed by atoms with E-state index in [9.17, 15) is 9.59 Å². The highest BCUT2D eigenvalue weighted by molar-refractivity contribution is 8.18. The molecule has 0 atom stereocenters. The Morgan fingerprint density at radius 2 is 1.92 bits per heavy atom. The van der Waals surface area contributed by atoms with Crippen LogP contribution in [0.1, 0.15) is 11.3 Å². The molecule has 2 aromatic rings. The first kappa shape index (κ1) is 17.9. The van der Waals surface area contributed by atoms with Crippen LogP contribution in [0.15, 0.2) is 39.7 Å². The lowest BCUT2D eigenvalue weighted by Crippen LogP contribution is -2.27. The molecule has 2 heterocycles. The molecule has 0 unspecified atom stereocenters. The van der Waals surface area contributed by atoms with E-state index in [1.54, 1.807) is 36.4 Å². The highest BCUT2D eigenvalue weighted by Gasteiger charge is 2.35. The fourth-order valence-corrected chi connectivity index (χ4v) is 3.39. The van der Waals surface area contributed by atoms with Crippen LogP contribution in [0.4, 0.5) is 10.7 Å². The molecular formula is C17H14Cl2N2O3S. The monoisotopic (exact) mass is 396 g/mol. The Kier molecular flexibility index (Phi) is 5.13. The molecule has 1 saturated heterocycles. The third-order valence-electron chi connectivity index (χ3n) is 3.53. The average Bonchev–Trinajstić information content (AvgIpc) is 3.12. The summed E-state index contributed by atoms with van der Waals surface area (Å²) >= 11 is 12.8. The van der Waals surface area contributed by atoms with Crippen molar-refractivity contribution in [3.63, 3.8) is 0 Å². The van der Waals surface area contributed by atoms with E-state index in [0.717, 1.165) is 17.3 Å². The maximum atomic E-state index is 12.5. The quantitative estimate of drug-likeness (QED) is 0.688. The minimum atomic E-state index is -0.358. The zero-order chi connectivity index (χ0) is 18.1. The lowest BCUT2D eigenvalue weighted by Gasteiger charge is -2.12. The summed E-state index contributed by atoms with van der Waals surface area (Å²) in [7, 11) is 3.71. The number of imide groups is 1. The second-order valence-electron chi connectivity index (χ2n) is 5.59. The summed E-state index contributed by atoms with van der Waals surface area (Å²) in [5.41, 5.74) is 0.728. The number of hydrogen-bond acceptors (Lipinski definition) is 5. The Hall–Kier alpha value is -1.89. The van der Waals surface area contributed by atoms with Crippen LogP contribution in [0, 0.1) is 0 Å². The second-order valence-corrected chi connectivity index (χ2v) is 7.39. The van der Waals surface area contributed by atoms with Gasteiger partial charge in [0.15, 0.2) is 5.88 Å². The Labute approximate surface area is 159 Å². The van der Waals surface area contributed by atoms with Crippen molar-refractivity contribution in [2.75, 3.05) is 19.0 Å². The third kappa shape index (κ3) is 3.86. The van der Waals surface area contributed by atoms with Gasteiger partial charge < -0.3 is 9.32 Å². The molecule has 0 bridgehead atoms. The van der Waals surface area contributed by atoms with Crippen LogP contribution in [-0.4, -0.2) is 30.1 Å². The first-order valence-corrected chi connectivity index (χ1v) is 8.89. The van der Waals surface area contributed by atoms with E-state index in [0.29, 0.717) is 26.6 Å². The van der Waals surface area contributed by atoms with Gasteiger partial charge in [0, 0.05) is 26.2 Å². The van der Waals surface area contributed by atoms with Crippen LogP contribution in [-0.2, 0) is 11.3 Å². The molecule has 0 spiro atoms. The van der Waals surface area contributed by atoms with E-state index >= 15 is 0 Å². The van der Waals surface area contributed by atoms with Crippen molar-refractivity contribution in [2.45, 2.75) is 6.54 Å². The first-order chi connectivity index (χ1) is 11.8. The van der Waals surface area contributed by atoms with Crippen molar-refractivity contribution >= 4 is 58.1 Å². The molecule has 3 rings (SSSR count). The number of furan rings is 1. The number of nitrogens with zero attached hydrogens (tertiary/aromatic N) is 2. The molecule has 2 amide bonds. The van der Waals surface area contributed by atoms with Crippen LogP contribution in [0.2, 0.25) is 10.0 Å². The smallest absolute Gasteiger partial charge is 0.293 e. The van der Waals surface area contributed by atoms with Crippen LogP contribution >= 0.6 is 35.0 Å². The van der Waals surface area contributed by atoms with Crippen LogP contribution in [0.3, 0.4) is 0 Å². The molecule has 1 aliphatic rings. The van der Waals surface area contributed by atoms with Gasteiger partial charge in [-0.25, -0.2) is 0 Å². The summed E-state index contributed by atoms with van der Waals surface area (Å²) in [5, 5.41) is 0.476. The maximum Gasteiger partial charge on any atom is 0.293 e. The Morgan fingerprint density at radius 1 is 1.16 bits per heavy atom. The number of amides is 2. The number of rotatable bonds is 4. The zero-order valence-electron chi connectivity index (χ0n) is 13.5. The molecular weight excluding hydrogens is 383 g/mol. The highest BCUT2D eigenvalue weighted by atomic mass is 35.5. The van der Waals surface area contributed by atoms with Gasteiger partial charge in [0.25, 0.3) is 11.1 Å². The van der Waals surface area contributed by atoms with Crippen LogP contribution in [0.25, 0.3) is 6.08 Å². The van der Waals surface area contributed by atoms with Gasteiger partial charge in [-0.1, -0.05) is 29.3 Å². The zero-order valence-corrected chi connectivity index (χ0v) is 15.8. The average molecular weight is 397 g/mol. The SMILES string of the molecule is CN(C)c1ccc(/C=C2\SC(=O)N(Cc3ccc(Cl)c(Cl)c3)C2=O)o1. The van der Waals surface area contributed by atoms with Crippen molar-refractivity contribution < 1.29 is 14.0 Å². The van der Waals surface area contributed by atoms with Crippen molar-refractivity contribution in [3.8, 4) is 0 Å². The molecule has 0 N–H and O–H groups in total. The minimum Gasteiger partial charge on any atom is -0.441 e. The van der Waals surface area contributed by atoms with E-state index in [1.807, 2.05) is 19.0 Å². The van der Waals surface area contributed by atoms with Gasteiger partial charge in [-0.2, -0.15) is 0 Å². The summed E-state index contributed by atoms with van der Waals surface area (Å²) in [4.78, 5) is 28.0. The van der Waals surface area contributed by atoms with Gasteiger partial charge in [0.05, 0.1) is 21.5 Å². The Bertz CT molecular complexity index is 877. The fraction of sp³-hybridized carbons (Fsp3) is 0.176. The van der Waals surface area contributed by atoms with Crippen molar-refractivity contribution in [2.24, 2.45) is 0 Å². The van der Waals surface area contributed by atoms with Gasteiger partial charge in [-0.05, 0) is 35.5 Å². The molecule has 0 radical (unpaired) electrons. The van der Waals surface area contributed by atoms with Gasteiger partial charge >= 0.3 is 0 Å². The number of anilines is 1. The van der Waals surface area contributed by atoms with Gasteiger partial charge in [0.1, 0.15) is 5.76 Å². The lowest BCUT2D eigenvalue weighted by molar-refractivity contribution is -0.123. The van der Waals surface area contributed by atoms with Gasteiger partial charge in [0.2, 0.25) is 0 Å². The Morgan fingerprint density at radius 3 is 2.56 bits per heavy atom. The molecule has 1 aromatic heterocycles. The molecule has 5 nitrogen and oxygen atoms in total. The fourth-order valence-electron chi connectivity index (χ4n) is 2.25. The van der Waals surface area contributed by atoms with Crippen LogP contribution in [0.5, 0.6) is 0 Å². The van der Waals surface area contributed by atoms with E-state index in [2.05, 4.69) is 0 Å². The summed E-state index contributed by atoms with van der Waals surface area (Å²) in [5.74, 6) is 0.828. The molecule has 0 aliphatic carbocycles. The molecule has 0 saturated carbocycles. The number of halogens is 2. The number of carbonyl (C=O) groups is 2. The summed E-state index contributed by atoms with van der Waals surface area (Å²) in [6.45, 7) is 0.139. The second kappa shape index (κ2) is 7.15. The third-order valence-corrected chi connectivity index (χ3v) is 5.17. The highest BCUT2D eigenvalue weighted by Crippen LogP contribution is 2.34. The van der Waals surface area contributed by atoms with E-state index in [4.69, 9.17) is 27.6 Å². The minimum absolute atomic E-state index is 0.139. The molecule has 25 heavy (non-hydrogen) atoms. The number of carbonyl (C=O) groups excluding carboxylic acids is 2. The molecule has 1 aromatic carbocycles. The normalized spacial score (nSPS) is 16.2. The predicted molar refractivity (Wildman–Crippen MR) is 101 cm³/mol. The number of benzene rings is 1. The number of hydrogen-bond donors (Lipinski definition) is 0. The molecule has 130 valence electrons. The number of thioether (sulfide) groups is 1. The standard InChI is InChI=1S/C17H14Cl2N2O3S/c1-20(2)15-6-4-11(24-15)8-14-16(22)21(17(23)25-14)9-10-3-5-12(18)13(19)7-10/h3-8H,9H2,1-2H3/b14-8-. The van der Waals surface area contributed by atoms with Crippen molar-refractivity contribution in [1.82, 2.24) is 4.90 Å². The van der Waals surface area contributed by atoms with Crippen molar-refractivity contribution in [3.05, 3.63) is 56.6 Å². The maximum absolute atomic E-state index is 12.5. The first-order valence-electron chi connectivity index (χ1n) is 7.31. The van der Waals surface area contributed by atoms with Crippen molar-refractivity contribution in [1.29, 1.82) is 0 Å². The van der Waals surface area contributed by atoms with Crippen LogP contribution < -0.4 is 4.90 Å². The predicted octanol–water partition coefficient (Wildman–Crippen LogP) is 4.89. The lowest BCUT2D eigenvalue weighted by atomic mass is 10.2. The summed E-state index contributed by atoms with van der Waals surface area (Å²) in [6.07, 6.45) is 1.58. The van der Waals surface area contributed by atoms with E-state index < -0.39 is 0 Å². The summed E-state index contributed by atoms with van der Waals surface area (Å²) < 4.78 is 5.60. The van der Waals surface area contributed by atoms with E-state index in [1.165, 1.54) is 4.90 Å². The largest absolute Gasteiger partial charge is 0.441 e. The molecule has 1 aliphatic heterocycles. The van der Waals surface area contributed by atoms with E-state index in [-0.39, 0.29) is 17.7 Å². The summed E-state index contributed by atoms with van der Waals surface area (Å²) in [6, 6.07) is 8.57. The van der Waals surface area contributed by atoms with Gasteiger partial charge in [-0.3, -0.25) is 14.5 Å². The topological polar surface area (TPSA) is 53.8 Å². The Balaban J connectivity index is 1.79. The molecule has 8 heteroatoms. The van der Waals surface area contributed by atoms with Gasteiger partial charge in [-0.15, -0.1) is 0 Å². The molecule has 1 fully saturated rings.